The summed E-state index contributed by atoms with van der Waals surface area (Å²) in [6.45, 7) is 4.48. The van der Waals surface area contributed by atoms with Gasteiger partial charge in [-0.2, -0.15) is 0 Å². The second-order valence-corrected chi connectivity index (χ2v) is 6.05. The van der Waals surface area contributed by atoms with Crippen LogP contribution in [0.5, 0.6) is 0 Å². The largest absolute Gasteiger partial charge is 0.381 e. The van der Waals surface area contributed by atoms with Gasteiger partial charge in [-0.3, -0.25) is 4.79 Å². The summed E-state index contributed by atoms with van der Waals surface area (Å²) in [6, 6.07) is 4.36. The Bertz CT molecular complexity index is 460. The lowest BCUT2D eigenvalue weighted by Gasteiger charge is -2.26. The number of ether oxygens (including phenoxy) is 1. The van der Waals surface area contributed by atoms with Crippen molar-refractivity contribution in [3.05, 3.63) is 24.0 Å². The van der Waals surface area contributed by atoms with Crippen molar-refractivity contribution in [2.24, 2.45) is 5.92 Å². The van der Waals surface area contributed by atoms with E-state index in [1.165, 1.54) is 0 Å². The SMILES string of the molecule is O=C(NCC1CCOCC1)c1cccn1C1CCNCC1. The van der Waals surface area contributed by atoms with Crippen LogP contribution >= 0.6 is 0 Å². The molecule has 0 unspecified atom stereocenters. The molecule has 0 bridgehead atoms. The molecule has 21 heavy (non-hydrogen) atoms. The fourth-order valence-electron chi connectivity index (χ4n) is 3.27. The molecule has 2 saturated heterocycles. The van der Waals surface area contributed by atoms with Gasteiger partial charge in [0.25, 0.3) is 5.91 Å². The summed E-state index contributed by atoms with van der Waals surface area (Å²) in [5.74, 6) is 0.620. The summed E-state index contributed by atoms with van der Waals surface area (Å²) < 4.78 is 7.51. The minimum absolute atomic E-state index is 0.0602. The van der Waals surface area contributed by atoms with Gasteiger partial charge >= 0.3 is 0 Å². The molecule has 116 valence electrons. The summed E-state index contributed by atoms with van der Waals surface area (Å²) in [4.78, 5) is 12.4. The standard InChI is InChI=1S/C16H25N3O2/c20-16(18-12-13-5-10-21-11-6-13)15-2-1-9-19(15)14-3-7-17-8-4-14/h1-2,9,13-14,17H,3-8,10-12H2,(H,18,20). The number of aromatic nitrogens is 1. The molecule has 1 aromatic rings. The van der Waals surface area contributed by atoms with Crippen LogP contribution in [-0.2, 0) is 4.74 Å². The summed E-state index contributed by atoms with van der Waals surface area (Å²) >= 11 is 0. The Morgan fingerprint density at radius 3 is 2.81 bits per heavy atom. The van der Waals surface area contributed by atoms with Crippen molar-refractivity contribution in [1.82, 2.24) is 15.2 Å². The van der Waals surface area contributed by atoms with Crippen LogP contribution in [0.25, 0.3) is 0 Å². The lowest BCUT2D eigenvalue weighted by molar-refractivity contribution is 0.0641. The first-order chi connectivity index (χ1) is 10.3. The third kappa shape index (κ3) is 3.66. The Morgan fingerprint density at radius 1 is 1.29 bits per heavy atom. The monoisotopic (exact) mass is 291 g/mol. The number of carbonyl (C=O) groups is 1. The maximum atomic E-state index is 12.4. The Hall–Kier alpha value is -1.33. The van der Waals surface area contributed by atoms with Crippen molar-refractivity contribution >= 4 is 5.91 Å². The highest BCUT2D eigenvalue weighted by molar-refractivity contribution is 5.92. The molecular weight excluding hydrogens is 266 g/mol. The molecule has 0 atom stereocenters. The first kappa shape index (κ1) is 14.6. The van der Waals surface area contributed by atoms with E-state index in [-0.39, 0.29) is 5.91 Å². The number of rotatable bonds is 4. The molecule has 1 aromatic heterocycles. The van der Waals surface area contributed by atoms with Gasteiger partial charge in [0.2, 0.25) is 0 Å². The molecule has 0 spiro atoms. The van der Waals surface area contributed by atoms with E-state index in [0.29, 0.717) is 12.0 Å². The van der Waals surface area contributed by atoms with E-state index >= 15 is 0 Å². The van der Waals surface area contributed by atoms with Crippen molar-refractivity contribution in [3.8, 4) is 0 Å². The number of nitrogens with one attached hydrogen (secondary N) is 2. The van der Waals surface area contributed by atoms with Gasteiger partial charge in [-0.05, 0) is 56.8 Å². The van der Waals surface area contributed by atoms with Crippen molar-refractivity contribution in [1.29, 1.82) is 0 Å². The van der Waals surface area contributed by atoms with Gasteiger partial charge in [-0.15, -0.1) is 0 Å². The topological polar surface area (TPSA) is 55.3 Å². The zero-order valence-corrected chi connectivity index (χ0v) is 12.5. The van der Waals surface area contributed by atoms with Gasteiger partial charge < -0.3 is 19.9 Å². The Kier molecular flexibility index (Phi) is 4.93. The molecule has 2 N–H and O–H groups in total. The molecule has 3 heterocycles. The molecule has 2 aliphatic rings. The molecule has 5 nitrogen and oxygen atoms in total. The van der Waals surface area contributed by atoms with Gasteiger partial charge in [0.05, 0.1) is 0 Å². The van der Waals surface area contributed by atoms with Gasteiger partial charge in [0.15, 0.2) is 0 Å². The second kappa shape index (κ2) is 7.09. The highest BCUT2D eigenvalue weighted by Gasteiger charge is 2.21. The van der Waals surface area contributed by atoms with Gasteiger partial charge in [0, 0.05) is 32.0 Å². The van der Waals surface area contributed by atoms with Crippen LogP contribution in [0.1, 0.15) is 42.2 Å². The summed E-state index contributed by atoms with van der Waals surface area (Å²) in [7, 11) is 0. The summed E-state index contributed by atoms with van der Waals surface area (Å²) in [6.07, 6.45) is 6.33. The highest BCUT2D eigenvalue weighted by Crippen LogP contribution is 2.21. The molecule has 2 fully saturated rings. The molecular formula is C16H25N3O2. The third-order valence-electron chi connectivity index (χ3n) is 4.61. The van der Waals surface area contributed by atoms with Gasteiger partial charge in [0.1, 0.15) is 5.69 Å². The third-order valence-corrected chi connectivity index (χ3v) is 4.61. The number of nitrogens with zero attached hydrogens (tertiary/aromatic N) is 1. The van der Waals surface area contributed by atoms with E-state index in [1.807, 2.05) is 18.3 Å². The average Bonchev–Trinajstić information content (AvgIpc) is 3.04. The van der Waals surface area contributed by atoms with E-state index in [2.05, 4.69) is 15.2 Å². The number of carbonyl (C=O) groups excluding carboxylic acids is 1. The Balaban J connectivity index is 1.58. The molecule has 0 saturated carbocycles. The zero-order valence-electron chi connectivity index (χ0n) is 12.5. The maximum absolute atomic E-state index is 12.4. The van der Waals surface area contributed by atoms with E-state index in [1.54, 1.807) is 0 Å². The summed E-state index contributed by atoms with van der Waals surface area (Å²) in [5, 5.41) is 6.47. The van der Waals surface area contributed by atoms with Crippen LogP contribution in [0.15, 0.2) is 18.3 Å². The molecule has 5 heteroatoms. The van der Waals surface area contributed by atoms with Crippen molar-refractivity contribution in [3.63, 3.8) is 0 Å². The fourth-order valence-corrected chi connectivity index (χ4v) is 3.27. The molecule has 2 aliphatic heterocycles. The van der Waals surface area contributed by atoms with Crippen LogP contribution in [0.4, 0.5) is 0 Å². The number of hydrogen-bond donors (Lipinski definition) is 2. The minimum atomic E-state index is 0.0602. The Morgan fingerprint density at radius 2 is 2.05 bits per heavy atom. The number of piperidine rings is 1. The molecule has 0 aliphatic carbocycles. The predicted octanol–water partition coefficient (Wildman–Crippen LogP) is 1.57. The normalized spacial score (nSPS) is 21.3. The molecule has 3 rings (SSSR count). The lowest BCUT2D eigenvalue weighted by Crippen LogP contribution is -2.35. The smallest absolute Gasteiger partial charge is 0.267 e. The Labute approximate surface area is 126 Å². The van der Waals surface area contributed by atoms with Crippen LogP contribution in [0.3, 0.4) is 0 Å². The predicted molar refractivity (Wildman–Crippen MR) is 81.4 cm³/mol. The summed E-state index contributed by atoms with van der Waals surface area (Å²) in [5.41, 5.74) is 0.800. The first-order valence-corrected chi connectivity index (χ1v) is 8.08. The van der Waals surface area contributed by atoms with E-state index < -0.39 is 0 Å². The number of hydrogen-bond acceptors (Lipinski definition) is 3. The van der Waals surface area contributed by atoms with Crippen molar-refractivity contribution < 1.29 is 9.53 Å². The zero-order chi connectivity index (χ0) is 14.5. The van der Waals surface area contributed by atoms with Crippen molar-refractivity contribution in [2.45, 2.75) is 31.7 Å². The van der Waals surface area contributed by atoms with Gasteiger partial charge in [-0.1, -0.05) is 0 Å². The molecule has 0 aromatic carbocycles. The van der Waals surface area contributed by atoms with Gasteiger partial charge in [-0.25, -0.2) is 0 Å². The second-order valence-electron chi connectivity index (χ2n) is 6.05. The lowest BCUT2D eigenvalue weighted by atomic mass is 10.0. The van der Waals surface area contributed by atoms with Crippen LogP contribution < -0.4 is 10.6 Å². The van der Waals surface area contributed by atoms with Crippen LogP contribution in [-0.4, -0.2) is 43.3 Å². The van der Waals surface area contributed by atoms with E-state index in [4.69, 9.17) is 4.74 Å². The maximum Gasteiger partial charge on any atom is 0.267 e. The van der Waals surface area contributed by atoms with Crippen LogP contribution in [0.2, 0.25) is 0 Å². The first-order valence-electron chi connectivity index (χ1n) is 8.08. The highest BCUT2D eigenvalue weighted by atomic mass is 16.5. The van der Waals surface area contributed by atoms with E-state index in [0.717, 1.165) is 64.2 Å². The molecule has 0 radical (unpaired) electrons. The van der Waals surface area contributed by atoms with Crippen molar-refractivity contribution in [2.75, 3.05) is 32.8 Å². The minimum Gasteiger partial charge on any atom is -0.381 e. The molecule has 1 amide bonds. The quantitative estimate of drug-likeness (QED) is 0.885. The number of amides is 1. The fraction of sp³-hybridized carbons (Fsp3) is 0.688. The average molecular weight is 291 g/mol. The van der Waals surface area contributed by atoms with Crippen LogP contribution in [0, 0.1) is 5.92 Å². The van der Waals surface area contributed by atoms with E-state index in [9.17, 15) is 4.79 Å².